The minimum atomic E-state index is -3.47. The summed E-state index contributed by atoms with van der Waals surface area (Å²) in [6.45, 7) is 2.82. The summed E-state index contributed by atoms with van der Waals surface area (Å²) in [6.07, 6.45) is 4.53. The fourth-order valence-corrected chi connectivity index (χ4v) is 3.46. The molecule has 0 saturated heterocycles. The van der Waals surface area contributed by atoms with E-state index in [1.807, 2.05) is 31.2 Å². The van der Waals surface area contributed by atoms with Crippen LogP contribution in [0.5, 0.6) is 0 Å². The van der Waals surface area contributed by atoms with Gasteiger partial charge in [-0.1, -0.05) is 31.2 Å². The number of hydrogen-bond acceptors (Lipinski definition) is 4. The summed E-state index contributed by atoms with van der Waals surface area (Å²) in [4.78, 5) is 12.1. The first-order valence-electron chi connectivity index (χ1n) is 8.81. The molecular weight excluding hydrogens is 362 g/mol. The predicted octanol–water partition coefficient (Wildman–Crippen LogP) is 2.33. The van der Waals surface area contributed by atoms with Crippen molar-refractivity contribution in [3.8, 4) is 0 Å². The van der Waals surface area contributed by atoms with Crippen LogP contribution in [0, 0.1) is 0 Å². The molecule has 0 aromatic heterocycles. The number of rotatable bonds is 9. The average Bonchev–Trinajstić information content (AvgIpc) is 2.67. The van der Waals surface area contributed by atoms with Crippen LogP contribution in [0.4, 0.5) is 5.69 Å². The van der Waals surface area contributed by atoms with Gasteiger partial charge >= 0.3 is 0 Å². The summed E-state index contributed by atoms with van der Waals surface area (Å²) in [6, 6.07) is 13.9. The minimum Gasteiger partial charge on any atom is -0.399 e. The van der Waals surface area contributed by atoms with Gasteiger partial charge in [0.05, 0.1) is 4.90 Å². The van der Waals surface area contributed by atoms with Gasteiger partial charge in [0, 0.05) is 24.9 Å². The van der Waals surface area contributed by atoms with E-state index in [4.69, 9.17) is 5.73 Å². The zero-order valence-electron chi connectivity index (χ0n) is 15.3. The molecule has 2 aromatic rings. The molecule has 2 rings (SSSR count). The molecule has 0 aliphatic carbocycles. The highest BCUT2D eigenvalue weighted by Crippen LogP contribution is 2.11. The van der Waals surface area contributed by atoms with E-state index in [9.17, 15) is 13.2 Å². The van der Waals surface area contributed by atoms with E-state index in [-0.39, 0.29) is 10.8 Å². The molecule has 0 spiro atoms. The SMILES string of the molecule is CCCNS(=O)(=O)c1ccc(/C=C/C(=O)NCCc2ccc(N)cc2)cc1. The molecule has 0 atom stereocenters. The Labute approximate surface area is 160 Å². The van der Waals surface area contributed by atoms with Crippen molar-refractivity contribution in [2.24, 2.45) is 0 Å². The summed E-state index contributed by atoms with van der Waals surface area (Å²) in [5.41, 5.74) is 8.20. The summed E-state index contributed by atoms with van der Waals surface area (Å²) >= 11 is 0. The molecule has 27 heavy (non-hydrogen) atoms. The number of hydrogen-bond donors (Lipinski definition) is 3. The standard InChI is InChI=1S/C20H25N3O3S/c1-2-14-23-27(25,26)19-10-5-16(6-11-19)7-12-20(24)22-15-13-17-3-8-18(21)9-4-17/h3-12,23H,2,13-15,21H2,1H3,(H,22,24)/b12-7+. The Bertz CT molecular complexity index is 874. The number of nitrogens with one attached hydrogen (secondary N) is 2. The van der Waals surface area contributed by atoms with Gasteiger partial charge in [0.25, 0.3) is 0 Å². The largest absolute Gasteiger partial charge is 0.399 e. The molecule has 6 nitrogen and oxygen atoms in total. The van der Waals surface area contributed by atoms with Crippen molar-refractivity contribution >= 4 is 27.7 Å². The number of nitrogens with two attached hydrogens (primary N) is 1. The molecule has 4 N–H and O–H groups in total. The number of anilines is 1. The van der Waals surface area contributed by atoms with Crippen LogP contribution < -0.4 is 15.8 Å². The number of carbonyl (C=O) groups is 1. The zero-order chi connectivity index (χ0) is 19.7. The van der Waals surface area contributed by atoms with Crippen LogP contribution in [0.3, 0.4) is 0 Å². The molecule has 0 radical (unpaired) electrons. The third-order valence-corrected chi connectivity index (χ3v) is 5.33. The van der Waals surface area contributed by atoms with Gasteiger partial charge in [0.2, 0.25) is 15.9 Å². The van der Waals surface area contributed by atoms with Gasteiger partial charge in [0.15, 0.2) is 0 Å². The van der Waals surface area contributed by atoms with E-state index >= 15 is 0 Å². The summed E-state index contributed by atoms with van der Waals surface area (Å²) in [5, 5.41) is 2.81. The van der Waals surface area contributed by atoms with Gasteiger partial charge in [-0.3, -0.25) is 4.79 Å². The van der Waals surface area contributed by atoms with E-state index in [1.165, 1.54) is 18.2 Å². The lowest BCUT2D eigenvalue weighted by Crippen LogP contribution is -2.24. The van der Waals surface area contributed by atoms with E-state index in [0.717, 1.165) is 24.0 Å². The van der Waals surface area contributed by atoms with Gasteiger partial charge in [-0.15, -0.1) is 0 Å². The van der Waals surface area contributed by atoms with Crippen LogP contribution in [0.15, 0.2) is 59.5 Å². The monoisotopic (exact) mass is 387 g/mol. The third-order valence-electron chi connectivity index (χ3n) is 3.85. The zero-order valence-corrected chi connectivity index (χ0v) is 16.1. The van der Waals surface area contributed by atoms with Gasteiger partial charge in [0.1, 0.15) is 0 Å². The molecule has 0 aliphatic rings. The molecular formula is C20H25N3O3S. The number of nitrogen functional groups attached to an aromatic ring is 1. The van der Waals surface area contributed by atoms with E-state index < -0.39 is 10.0 Å². The highest BCUT2D eigenvalue weighted by molar-refractivity contribution is 7.89. The van der Waals surface area contributed by atoms with Crippen molar-refractivity contribution in [2.75, 3.05) is 18.8 Å². The van der Waals surface area contributed by atoms with Crippen molar-refractivity contribution in [3.05, 3.63) is 65.7 Å². The lowest BCUT2D eigenvalue weighted by molar-refractivity contribution is -0.116. The topological polar surface area (TPSA) is 101 Å². The number of benzene rings is 2. The first-order valence-corrected chi connectivity index (χ1v) is 10.3. The molecule has 0 saturated carbocycles. The Morgan fingerprint density at radius 3 is 2.33 bits per heavy atom. The Hall–Kier alpha value is -2.64. The first-order chi connectivity index (χ1) is 12.9. The lowest BCUT2D eigenvalue weighted by atomic mass is 10.1. The van der Waals surface area contributed by atoms with Crippen molar-refractivity contribution in [2.45, 2.75) is 24.7 Å². The van der Waals surface area contributed by atoms with E-state index in [0.29, 0.717) is 18.8 Å². The Morgan fingerprint density at radius 2 is 1.70 bits per heavy atom. The van der Waals surface area contributed by atoms with Crippen LogP contribution in [-0.2, 0) is 21.2 Å². The van der Waals surface area contributed by atoms with Crippen LogP contribution >= 0.6 is 0 Å². The summed E-state index contributed by atoms with van der Waals surface area (Å²) < 4.78 is 26.6. The van der Waals surface area contributed by atoms with Gasteiger partial charge < -0.3 is 11.1 Å². The first kappa shape index (κ1) is 20.7. The third kappa shape index (κ3) is 6.88. The molecule has 0 bridgehead atoms. The van der Waals surface area contributed by atoms with Crippen molar-refractivity contribution in [3.63, 3.8) is 0 Å². The molecule has 0 fully saturated rings. The van der Waals surface area contributed by atoms with Gasteiger partial charge in [-0.2, -0.15) is 0 Å². The fourth-order valence-electron chi connectivity index (χ4n) is 2.32. The molecule has 0 unspecified atom stereocenters. The van der Waals surface area contributed by atoms with Gasteiger partial charge in [-0.25, -0.2) is 13.1 Å². The molecule has 144 valence electrons. The molecule has 0 aliphatic heterocycles. The quantitative estimate of drug-likeness (QED) is 0.454. The second kappa shape index (κ2) is 9.89. The molecule has 7 heteroatoms. The highest BCUT2D eigenvalue weighted by atomic mass is 32.2. The van der Waals surface area contributed by atoms with Crippen molar-refractivity contribution in [1.82, 2.24) is 10.0 Å². The van der Waals surface area contributed by atoms with Crippen molar-refractivity contribution < 1.29 is 13.2 Å². The predicted molar refractivity (Wildman–Crippen MR) is 109 cm³/mol. The molecule has 2 aromatic carbocycles. The smallest absolute Gasteiger partial charge is 0.244 e. The Kier molecular flexibility index (Phi) is 7.57. The summed E-state index contributed by atoms with van der Waals surface area (Å²) in [5.74, 6) is -0.202. The van der Waals surface area contributed by atoms with Crippen LogP contribution in [-0.4, -0.2) is 27.4 Å². The van der Waals surface area contributed by atoms with Crippen LogP contribution in [0.2, 0.25) is 0 Å². The maximum atomic E-state index is 12.0. The van der Waals surface area contributed by atoms with E-state index in [2.05, 4.69) is 10.0 Å². The number of amides is 1. The Morgan fingerprint density at radius 1 is 1.04 bits per heavy atom. The second-order valence-electron chi connectivity index (χ2n) is 6.08. The highest BCUT2D eigenvalue weighted by Gasteiger charge is 2.11. The Balaban J connectivity index is 1.84. The number of sulfonamides is 1. The second-order valence-corrected chi connectivity index (χ2v) is 7.85. The minimum absolute atomic E-state index is 0.202. The molecule has 0 heterocycles. The average molecular weight is 388 g/mol. The van der Waals surface area contributed by atoms with Crippen LogP contribution in [0.1, 0.15) is 24.5 Å². The maximum Gasteiger partial charge on any atom is 0.244 e. The summed E-state index contributed by atoms with van der Waals surface area (Å²) in [7, 11) is -3.47. The van der Waals surface area contributed by atoms with Crippen LogP contribution in [0.25, 0.3) is 6.08 Å². The van der Waals surface area contributed by atoms with Gasteiger partial charge in [-0.05, 0) is 54.3 Å². The number of carbonyl (C=O) groups excluding carboxylic acids is 1. The maximum absolute atomic E-state index is 12.0. The fraction of sp³-hybridized carbons (Fsp3) is 0.250. The normalized spacial score (nSPS) is 11.6. The molecule has 1 amide bonds. The lowest BCUT2D eigenvalue weighted by Gasteiger charge is -2.05. The van der Waals surface area contributed by atoms with E-state index in [1.54, 1.807) is 18.2 Å². The van der Waals surface area contributed by atoms with Crippen molar-refractivity contribution in [1.29, 1.82) is 0 Å².